The van der Waals surface area contributed by atoms with Crippen LogP contribution in [0.3, 0.4) is 0 Å². The molecular weight excluding hydrogens is 250 g/mol. The molecule has 0 saturated carbocycles. The van der Waals surface area contributed by atoms with Crippen molar-refractivity contribution >= 4 is 16.7 Å². The highest BCUT2D eigenvalue weighted by Crippen LogP contribution is 2.19. The van der Waals surface area contributed by atoms with Crippen molar-refractivity contribution in [1.29, 1.82) is 5.26 Å². The molecular formula is C16H19N3O. The zero-order valence-electron chi connectivity index (χ0n) is 11.7. The first-order valence-corrected chi connectivity index (χ1v) is 6.88. The second-order valence-electron chi connectivity index (χ2n) is 4.67. The molecule has 0 aliphatic carbocycles. The number of aromatic nitrogens is 1. The van der Waals surface area contributed by atoms with Crippen LogP contribution in [-0.2, 0) is 4.74 Å². The molecule has 4 heteroatoms. The maximum Gasteiger partial charge on any atom is 0.144 e. The van der Waals surface area contributed by atoms with Crippen molar-refractivity contribution in [3.05, 3.63) is 35.9 Å². The van der Waals surface area contributed by atoms with Crippen molar-refractivity contribution in [3.8, 4) is 6.07 Å². The molecule has 0 atom stereocenters. The van der Waals surface area contributed by atoms with E-state index in [-0.39, 0.29) is 0 Å². The Labute approximate surface area is 119 Å². The average molecular weight is 269 g/mol. The summed E-state index contributed by atoms with van der Waals surface area (Å²) < 4.78 is 5.02. The number of hydrogen-bond donors (Lipinski definition) is 1. The molecule has 0 amide bonds. The molecule has 20 heavy (non-hydrogen) atoms. The van der Waals surface area contributed by atoms with Crippen LogP contribution in [0.25, 0.3) is 10.9 Å². The van der Waals surface area contributed by atoms with E-state index in [9.17, 15) is 5.26 Å². The van der Waals surface area contributed by atoms with Crippen LogP contribution in [0.4, 0.5) is 5.82 Å². The van der Waals surface area contributed by atoms with E-state index in [1.807, 2.05) is 30.3 Å². The van der Waals surface area contributed by atoms with Crippen LogP contribution < -0.4 is 5.32 Å². The van der Waals surface area contributed by atoms with Crippen LogP contribution in [0.15, 0.2) is 30.3 Å². The first-order valence-electron chi connectivity index (χ1n) is 6.88. The number of pyridine rings is 1. The zero-order valence-corrected chi connectivity index (χ0v) is 11.7. The maximum atomic E-state index is 9.20. The van der Waals surface area contributed by atoms with Gasteiger partial charge in [-0.15, -0.1) is 0 Å². The summed E-state index contributed by atoms with van der Waals surface area (Å²) in [6, 6.07) is 11.9. The smallest absolute Gasteiger partial charge is 0.144 e. The summed E-state index contributed by atoms with van der Waals surface area (Å²) in [4.78, 5) is 4.52. The number of para-hydroxylation sites is 1. The largest absolute Gasteiger partial charge is 0.385 e. The average Bonchev–Trinajstić information content (AvgIpc) is 2.50. The van der Waals surface area contributed by atoms with Gasteiger partial charge in [-0.05, 0) is 31.4 Å². The molecule has 1 aromatic carbocycles. The van der Waals surface area contributed by atoms with E-state index >= 15 is 0 Å². The predicted octanol–water partition coefficient (Wildman–Crippen LogP) is 3.34. The van der Waals surface area contributed by atoms with Gasteiger partial charge in [0.15, 0.2) is 0 Å². The number of benzene rings is 1. The molecule has 4 nitrogen and oxygen atoms in total. The van der Waals surface area contributed by atoms with Gasteiger partial charge in [-0.25, -0.2) is 4.98 Å². The summed E-state index contributed by atoms with van der Waals surface area (Å²) in [5, 5.41) is 13.5. The molecule has 1 aromatic heterocycles. The van der Waals surface area contributed by atoms with E-state index in [2.05, 4.69) is 16.4 Å². The van der Waals surface area contributed by atoms with Crippen molar-refractivity contribution in [3.63, 3.8) is 0 Å². The van der Waals surface area contributed by atoms with Crippen molar-refractivity contribution in [2.24, 2.45) is 0 Å². The van der Waals surface area contributed by atoms with E-state index < -0.39 is 0 Å². The van der Waals surface area contributed by atoms with Gasteiger partial charge in [0.2, 0.25) is 0 Å². The monoisotopic (exact) mass is 269 g/mol. The highest BCUT2D eigenvalue weighted by molar-refractivity contribution is 5.82. The molecule has 104 valence electrons. The number of methoxy groups -OCH3 is 1. The van der Waals surface area contributed by atoms with Gasteiger partial charge in [0.1, 0.15) is 11.9 Å². The number of nitrogens with one attached hydrogen (secondary N) is 1. The van der Waals surface area contributed by atoms with Gasteiger partial charge in [0.25, 0.3) is 0 Å². The van der Waals surface area contributed by atoms with E-state index in [1.54, 1.807) is 7.11 Å². The van der Waals surface area contributed by atoms with E-state index in [4.69, 9.17) is 4.74 Å². The Morgan fingerprint density at radius 2 is 2.10 bits per heavy atom. The second-order valence-corrected chi connectivity index (χ2v) is 4.67. The third kappa shape index (κ3) is 3.69. The molecule has 2 aromatic rings. The topological polar surface area (TPSA) is 57.9 Å². The fourth-order valence-electron chi connectivity index (χ4n) is 2.09. The van der Waals surface area contributed by atoms with Crippen LogP contribution in [-0.4, -0.2) is 25.2 Å². The second kappa shape index (κ2) is 7.46. The molecule has 0 radical (unpaired) electrons. The van der Waals surface area contributed by atoms with Gasteiger partial charge in [0, 0.05) is 25.6 Å². The molecule has 0 saturated heterocycles. The predicted molar refractivity (Wildman–Crippen MR) is 80.7 cm³/mol. The number of anilines is 1. The van der Waals surface area contributed by atoms with Gasteiger partial charge in [0.05, 0.1) is 11.1 Å². The minimum Gasteiger partial charge on any atom is -0.385 e. The number of rotatable bonds is 7. The molecule has 0 spiro atoms. The lowest BCUT2D eigenvalue weighted by molar-refractivity contribution is 0.192. The number of hydrogen-bond acceptors (Lipinski definition) is 4. The van der Waals surface area contributed by atoms with Crippen LogP contribution in [0, 0.1) is 11.3 Å². The lowest BCUT2D eigenvalue weighted by Gasteiger charge is -2.08. The molecule has 2 rings (SSSR count). The minimum atomic E-state index is 0.598. The van der Waals surface area contributed by atoms with Gasteiger partial charge in [-0.3, -0.25) is 0 Å². The van der Waals surface area contributed by atoms with Gasteiger partial charge >= 0.3 is 0 Å². The van der Waals surface area contributed by atoms with E-state index in [0.29, 0.717) is 11.4 Å². The Kier molecular flexibility index (Phi) is 5.33. The summed E-state index contributed by atoms with van der Waals surface area (Å²) in [6.07, 6.45) is 3.22. The molecule has 1 N–H and O–H groups in total. The Bertz CT molecular complexity index is 604. The lowest BCUT2D eigenvalue weighted by atomic mass is 10.1. The van der Waals surface area contributed by atoms with Crippen molar-refractivity contribution in [2.45, 2.75) is 19.3 Å². The number of nitriles is 1. The summed E-state index contributed by atoms with van der Waals surface area (Å²) in [5.41, 5.74) is 1.51. The third-order valence-electron chi connectivity index (χ3n) is 3.16. The minimum absolute atomic E-state index is 0.598. The van der Waals surface area contributed by atoms with Crippen LogP contribution >= 0.6 is 0 Å². The summed E-state index contributed by atoms with van der Waals surface area (Å²) in [7, 11) is 1.72. The summed E-state index contributed by atoms with van der Waals surface area (Å²) >= 11 is 0. The van der Waals surface area contributed by atoms with Crippen LogP contribution in [0.1, 0.15) is 24.8 Å². The normalized spacial score (nSPS) is 10.4. The number of fused-ring (bicyclic) bond motifs is 1. The van der Waals surface area contributed by atoms with Gasteiger partial charge in [-0.2, -0.15) is 5.26 Å². The van der Waals surface area contributed by atoms with E-state index in [1.165, 1.54) is 0 Å². The lowest BCUT2D eigenvalue weighted by Crippen LogP contribution is -2.06. The first-order chi connectivity index (χ1) is 9.85. The summed E-state index contributed by atoms with van der Waals surface area (Å²) in [5.74, 6) is 0.679. The standard InChI is InChI=1S/C16H19N3O/c1-20-10-6-2-5-9-18-16-14(12-17)11-13-7-3-4-8-15(13)19-16/h3-4,7-8,11H,2,5-6,9-10H2,1H3,(H,18,19). The SMILES string of the molecule is COCCCCCNc1nc2ccccc2cc1C#N. The third-order valence-corrected chi connectivity index (χ3v) is 3.16. The Hall–Kier alpha value is -2.12. The molecule has 0 fully saturated rings. The maximum absolute atomic E-state index is 9.20. The van der Waals surface area contributed by atoms with Crippen molar-refractivity contribution < 1.29 is 4.74 Å². The Morgan fingerprint density at radius 3 is 2.90 bits per heavy atom. The quantitative estimate of drug-likeness (QED) is 0.783. The van der Waals surface area contributed by atoms with E-state index in [0.717, 1.165) is 43.3 Å². The molecule has 0 aliphatic rings. The number of nitrogens with zero attached hydrogens (tertiary/aromatic N) is 2. The summed E-state index contributed by atoms with van der Waals surface area (Å²) in [6.45, 7) is 1.63. The van der Waals surface area contributed by atoms with Crippen molar-refractivity contribution in [2.75, 3.05) is 25.6 Å². The van der Waals surface area contributed by atoms with Crippen LogP contribution in [0.2, 0.25) is 0 Å². The fourth-order valence-corrected chi connectivity index (χ4v) is 2.09. The first kappa shape index (κ1) is 14.3. The fraction of sp³-hybridized carbons (Fsp3) is 0.375. The molecule has 0 unspecified atom stereocenters. The number of ether oxygens (including phenoxy) is 1. The highest BCUT2D eigenvalue weighted by atomic mass is 16.5. The Morgan fingerprint density at radius 1 is 1.25 bits per heavy atom. The van der Waals surface area contributed by atoms with Gasteiger partial charge in [-0.1, -0.05) is 18.2 Å². The highest BCUT2D eigenvalue weighted by Gasteiger charge is 2.05. The molecule has 0 bridgehead atoms. The Balaban J connectivity index is 2.00. The molecule has 0 aliphatic heterocycles. The number of unbranched alkanes of at least 4 members (excludes halogenated alkanes) is 2. The van der Waals surface area contributed by atoms with Crippen LogP contribution in [0.5, 0.6) is 0 Å². The van der Waals surface area contributed by atoms with Gasteiger partial charge < -0.3 is 10.1 Å². The molecule has 1 heterocycles. The zero-order chi connectivity index (χ0) is 14.2. The van der Waals surface area contributed by atoms with Crippen molar-refractivity contribution in [1.82, 2.24) is 4.98 Å².